The summed E-state index contributed by atoms with van der Waals surface area (Å²) in [7, 11) is -2.56. The molecule has 25 heavy (non-hydrogen) atoms. The van der Waals surface area contributed by atoms with Crippen LogP contribution in [0.15, 0.2) is 53.4 Å². The molecule has 0 unspecified atom stereocenters. The summed E-state index contributed by atoms with van der Waals surface area (Å²) in [6.45, 7) is 2.07. The summed E-state index contributed by atoms with van der Waals surface area (Å²) in [6, 6.07) is 13.9. The minimum absolute atomic E-state index is 0.266. The van der Waals surface area contributed by atoms with Gasteiger partial charge in [0.25, 0.3) is 15.9 Å². The number of halogens is 1. The first kappa shape index (κ1) is 17.5. The van der Waals surface area contributed by atoms with Crippen molar-refractivity contribution < 1.29 is 13.2 Å². The van der Waals surface area contributed by atoms with Gasteiger partial charge in [-0.1, -0.05) is 41.9 Å². The van der Waals surface area contributed by atoms with E-state index >= 15 is 0 Å². The Kier molecular flexibility index (Phi) is 4.58. The van der Waals surface area contributed by atoms with Gasteiger partial charge in [-0.25, -0.2) is 8.42 Å². The second-order valence-electron chi connectivity index (χ2n) is 5.56. The van der Waals surface area contributed by atoms with Crippen LogP contribution in [0.1, 0.15) is 18.1 Å². The first-order valence-electron chi connectivity index (χ1n) is 7.74. The number of fused-ring (bicyclic) bond motifs is 1. The van der Waals surface area contributed by atoms with Gasteiger partial charge in [-0.2, -0.15) is 0 Å². The van der Waals surface area contributed by atoms with Crippen LogP contribution in [0.5, 0.6) is 0 Å². The van der Waals surface area contributed by atoms with Crippen LogP contribution in [0, 0.1) is 0 Å². The zero-order valence-corrected chi connectivity index (χ0v) is 15.4. The summed E-state index contributed by atoms with van der Waals surface area (Å²) in [6.07, 6.45) is 0. The van der Waals surface area contributed by atoms with Crippen LogP contribution in [-0.2, 0) is 14.8 Å². The van der Waals surface area contributed by atoms with E-state index in [1.807, 2.05) is 6.07 Å². The number of sulfonamides is 1. The molecule has 3 rings (SSSR count). The van der Waals surface area contributed by atoms with E-state index in [-0.39, 0.29) is 4.91 Å². The van der Waals surface area contributed by atoms with Gasteiger partial charge in [0, 0.05) is 29.8 Å². The molecule has 1 aliphatic rings. The Labute approximate surface area is 152 Å². The summed E-state index contributed by atoms with van der Waals surface area (Å²) in [4.78, 5) is 12.4. The quantitative estimate of drug-likeness (QED) is 0.895. The molecule has 1 N–H and O–H groups in total. The smallest absolute Gasteiger partial charge is 0.270 e. The SMILES string of the molecule is CCNC(=O)C1=C(c2ccccc2)c2cc(Cl)ccc2N(C)S1(=O)=O. The first-order valence-corrected chi connectivity index (χ1v) is 9.56. The zero-order chi connectivity index (χ0) is 18.2. The number of nitrogens with zero attached hydrogens (tertiary/aromatic N) is 1. The van der Waals surface area contributed by atoms with Crippen LogP contribution >= 0.6 is 11.6 Å². The van der Waals surface area contributed by atoms with Gasteiger partial charge in [-0.05, 0) is 30.7 Å². The molecule has 1 amide bonds. The standard InChI is InChI=1S/C18H17ClN2O3S/c1-3-20-18(22)17-16(12-7-5-4-6-8-12)14-11-13(19)9-10-15(14)21(2)25(17,23)24/h4-11H,3H2,1-2H3,(H,20,22). The highest BCUT2D eigenvalue weighted by Gasteiger charge is 2.39. The fourth-order valence-electron chi connectivity index (χ4n) is 2.86. The lowest BCUT2D eigenvalue weighted by Gasteiger charge is -2.31. The van der Waals surface area contributed by atoms with E-state index < -0.39 is 15.9 Å². The molecule has 2 aromatic carbocycles. The summed E-state index contributed by atoms with van der Waals surface area (Å²) >= 11 is 6.15. The highest BCUT2D eigenvalue weighted by molar-refractivity contribution is 7.97. The Bertz CT molecular complexity index is 969. The molecule has 1 heterocycles. The van der Waals surface area contributed by atoms with E-state index in [0.29, 0.717) is 34.0 Å². The summed E-state index contributed by atoms with van der Waals surface area (Å²) in [5.74, 6) is -0.626. The molecule has 0 bridgehead atoms. The fraction of sp³-hybridized carbons (Fsp3) is 0.167. The van der Waals surface area contributed by atoms with E-state index in [1.54, 1.807) is 49.4 Å². The molecule has 0 saturated heterocycles. The number of amides is 1. The molecular weight excluding hydrogens is 360 g/mol. The Balaban J connectivity index is 2.44. The van der Waals surface area contributed by atoms with Gasteiger partial charge in [0.2, 0.25) is 0 Å². The third-order valence-electron chi connectivity index (χ3n) is 4.02. The van der Waals surface area contributed by atoms with Crippen molar-refractivity contribution in [2.75, 3.05) is 17.9 Å². The second-order valence-corrected chi connectivity index (χ2v) is 7.91. The highest BCUT2D eigenvalue weighted by Crippen LogP contribution is 2.42. The average molecular weight is 377 g/mol. The Hall–Kier alpha value is -2.31. The van der Waals surface area contributed by atoms with Crippen molar-refractivity contribution in [3.05, 3.63) is 69.6 Å². The number of hydrogen-bond acceptors (Lipinski definition) is 3. The minimum atomic E-state index is -3.99. The maximum absolute atomic E-state index is 13.0. The Morgan fingerprint density at radius 2 is 1.84 bits per heavy atom. The maximum atomic E-state index is 13.0. The molecule has 0 spiro atoms. The number of anilines is 1. The molecule has 1 aliphatic heterocycles. The van der Waals surface area contributed by atoms with Crippen LogP contribution in [0.25, 0.3) is 5.57 Å². The molecule has 130 valence electrons. The monoisotopic (exact) mass is 376 g/mol. The molecular formula is C18H17ClN2O3S. The van der Waals surface area contributed by atoms with Gasteiger partial charge in [-0.15, -0.1) is 0 Å². The van der Waals surface area contributed by atoms with E-state index in [4.69, 9.17) is 11.6 Å². The topological polar surface area (TPSA) is 66.5 Å². The van der Waals surface area contributed by atoms with E-state index in [2.05, 4.69) is 5.32 Å². The first-order chi connectivity index (χ1) is 11.9. The molecule has 5 nitrogen and oxygen atoms in total. The highest BCUT2D eigenvalue weighted by atomic mass is 35.5. The third-order valence-corrected chi connectivity index (χ3v) is 6.08. The third kappa shape index (κ3) is 2.92. The summed E-state index contributed by atoms with van der Waals surface area (Å²) in [5, 5.41) is 3.07. The largest absolute Gasteiger partial charge is 0.352 e. The van der Waals surface area contributed by atoms with E-state index in [1.165, 1.54) is 7.05 Å². The van der Waals surface area contributed by atoms with Gasteiger partial charge in [0.05, 0.1) is 5.69 Å². The normalized spacial score (nSPS) is 15.7. The summed E-state index contributed by atoms with van der Waals surface area (Å²) < 4.78 is 27.2. The van der Waals surface area contributed by atoms with Crippen LogP contribution in [0.4, 0.5) is 5.69 Å². The van der Waals surface area contributed by atoms with E-state index in [0.717, 1.165) is 4.31 Å². The van der Waals surface area contributed by atoms with Crippen molar-refractivity contribution in [1.29, 1.82) is 0 Å². The number of rotatable bonds is 3. The summed E-state index contributed by atoms with van der Waals surface area (Å²) in [5.41, 5.74) is 2.10. The molecule has 0 saturated carbocycles. The van der Waals surface area contributed by atoms with Crippen LogP contribution in [0.2, 0.25) is 5.02 Å². The van der Waals surface area contributed by atoms with Crippen molar-refractivity contribution in [3.63, 3.8) is 0 Å². The molecule has 0 aliphatic carbocycles. The maximum Gasteiger partial charge on any atom is 0.270 e. The minimum Gasteiger partial charge on any atom is -0.352 e. The lowest BCUT2D eigenvalue weighted by Crippen LogP contribution is -2.39. The number of likely N-dealkylation sites (N-methyl/N-ethyl adjacent to an activating group) is 1. The van der Waals surface area contributed by atoms with Crippen LogP contribution in [0.3, 0.4) is 0 Å². The predicted octanol–water partition coefficient (Wildman–Crippen LogP) is 3.02. The Morgan fingerprint density at radius 1 is 1.16 bits per heavy atom. The number of carbonyl (C=O) groups is 1. The molecule has 0 radical (unpaired) electrons. The van der Waals surface area contributed by atoms with Crippen molar-refractivity contribution in [3.8, 4) is 0 Å². The second kappa shape index (κ2) is 6.54. The molecule has 0 fully saturated rings. The van der Waals surface area contributed by atoms with Crippen LogP contribution < -0.4 is 9.62 Å². The molecule has 0 aromatic heterocycles. The average Bonchev–Trinajstić information content (AvgIpc) is 2.58. The van der Waals surface area contributed by atoms with Gasteiger partial charge < -0.3 is 5.32 Å². The number of benzene rings is 2. The van der Waals surface area contributed by atoms with Crippen molar-refractivity contribution in [2.24, 2.45) is 0 Å². The van der Waals surface area contributed by atoms with Crippen molar-refractivity contribution in [2.45, 2.75) is 6.92 Å². The number of nitrogens with one attached hydrogen (secondary N) is 1. The van der Waals surface area contributed by atoms with Gasteiger partial charge in [0.1, 0.15) is 0 Å². The number of hydrogen-bond donors (Lipinski definition) is 1. The molecule has 0 atom stereocenters. The van der Waals surface area contributed by atoms with Crippen molar-refractivity contribution >= 4 is 38.8 Å². The fourth-order valence-corrected chi connectivity index (χ4v) is 4.52. The van der Waals surface area contributed by atoms with Gasteiger partial charge in [-0.3, -0.25) is 9.10 Å². The van der Waals surface area contributed by atoms with E-state index in [9.17, 15) is 13.2 Å². The van der Waals surface area contributed by atoms with Gasteiger partial charge in [0.15, 0.2) is 4.91 Å². The Morgan fingerprint density at radius 3 is 2.48 bits per heavy atom. The zero-order valence-electron chi connectivity index (χ0n) is 13.8. The van der Waals surface area contributed by atoms with Crippen molar-refractivity contribution in [1.82, 2.24) is 5.32 Å². The lowest BCUT2D eigenvalue weighted by atomic mass is 9.95. The predicted molar refractivity (Wildman–Crippen MR) is 99.9 cm³/mol. The van der Waals surface area contributed by atoms with Crippen LogP contribution in [-0.4, -0.2) is 27.9 Å². The molecule has 2 aromatic rings. The van der Waals surface area contributed by atoms with Gasteiger partial charge >= 0.3 is 0 Å². The molecule has 7 heteroatoms. The number of carbonyl (C=O) groups excluding carboxylic acids is 1. The lowest BCUT2D eigenvalue weighted by molar-refractivity contribution is -0.116.